The molecule has 2 amide bonds. The summed E-state index contributed by atoms with van der Waals surface area (Å²) in [5.41, 5.74) is 5.69. The lowest BCUT2D eigenvalue weighted by Gasteiger charge is -2.11. The summed E-state index contributed by atoms with van der Waals surface area (Å²) in [6.45, 7) is 1.72. The van der Waals surface area contributed by atoms with Crippen LogP contribution in [0.25, 0.3) is 16.6 Å². The van der Waals surface area contributed by atoms with E-state index in [2.05, 4.69) is 20.9 Å². The van der Waals surface area contributed by atoms with Gasteiger partial charge in [-0.3, -0.25) is 25.2 Å². The number of hydrogen-bond acceptors (Lipinski definition) is 5. The number of hydrogen-bond donors (Lipinski definition) is 2. The molecular formula is C22H17N5O3. The lowest BCUT2D eigenvalue weighted by molar-refractivity contribution is 0.0840. The van der Waals surface area contributed by atoms with Crippen LogP contribution in [0.5, 0.6) is 0 Å². The van der Waals surface area contributed by atoms with Crippen molar-refractivity contribution in [3.05, 3.63) is 100 Å². The van der Waals surface area contributed by atoms with E-state index in [9.17, 15) is 14.4 Å². The van der Waals surface area contributed by atoms with E-state index in [1.807, 2.05) is 36.4 Å². The van der Waals surface area contributed by atoms with Gasteiger partial charge in [0, 0.05) is 17.1 Å². The Morgan fingerprint density at radius 1 is 0.867 bits per heavy atom. The number of amides is 2. The summed E-state index contributed by atoms with van der Waals surface area (Å²) in [5, 5.41) is 5.05. The third-order valence-corrected chi connectivity index (χ3v) is 4.44. The number of para-hydroxylation sites is 2. The smallest absolute Gasteiger partial charge is 0.287 e. The fourth-order valence-corrected chi connectivity index (χ4v) is 2.96. The van der Waals surface area contributed by atoms with Gasteiger partial charge in [-0.15, -0.1) is 0 Å². The van der Waals surface area contributed by atoms with Crippen molar-refractivity contribution in [3.8, 4) is 5.69 Å². The Hall–Kier alpha value is -4.33. The molecule has 0 aliphatic rings. The maximum absolute atomic E-state index is 12.5. The van der Waals surface area contributed by atoms with Gasteiger partial charge in [0.1, 0.15) is 5.69 Å². The maximum atomic E-state index is 12.5. The number of benzene rings is 2. The number of hydrazine groups is 1. The summed E-state index contributed by atoms with van der Waals surface area (Å²) in [5.74, 6) is -1.43. The standard InChI is InChI=1S/C22H17N5O3/c1-14-13-19(28)20(26-27(14)16-8-3-2-4-9-16)22(30)25-24-21(29)18-12-11-15-7-5-6-10-17(15)23-18/h2-13H,1H3,(H,24,29)(H,25,30). The molecule has 0 aliphatic heterocycles. The fraction of sp³-hybridized carbons (Fsp3) is 0.0455. The minimum absolute atomic E-state index is 0.132. The summed E-state index contributed by atoms with van der Waals surface area (Å²) >= 11 is 0. The van der Waals surface area contributed by atoms with Gasteiger partial charge in [-0.25, -0.2) is 9.67 Å². The number of aromatic nitrogens is 3. The second-order valence-corrected chi connectivity index (χ2v) is 6.54. The largest absolute Gasteiger partial charge is 0.294 e. The normalized spacial score (nSPS) is 10.6. The first-order valence-electron chi connectivity index (χ1n) is 9.16. The number of rotatable bonds is 3. The van der Waals surface area contributed by atoms with Crippen molar-refractivity contribution in [1.82, 2.24) is 25.6 Å². The third-order valence-electron chi connectivity index (χ3n) is 4.44. The van der Waals surface area contributed by atoms with Gasteiger partial charge in [0.2, 0.25) is 5.43 Å². The zero-order valence-electron chi connectivity index (χ0n) is 16.0. The van der Waals surface area contributed by atoms with Crippen LogP contribution in [0.15, 0.2) is 77.6 Å². The molecule has 0 atom stereocenters. The zero-order chi connectivity index (χ0) is 21.1. The molecule has 2 heterocycles. The number of aryl methyl sites for hydroxylation is 1. The van der Waals surface area contributed by atoms with Gasteiger partial charge >= 0.3 is 0 Å². The lowest BCUT2D eigenvalue weighted by atomic mass is 10.2. The van der Waals surface area contributed by atoms with Gasteiger partial charge in [0.05, 0.1) is 11.2 Å². The molecule has 148 valence electrons. The van der Waals surface area contributed by atoms with E-state index in [1.165, 1.54) is 10.7 Å². The van der Waals surface area contributed by atoms with Crippen molar-refractivity contribution in [1.29, 1.82) is 0 Å². The zero-order valence-corrected chi connectivity index (χ0v) is 16.0. The second kappa shape index (κ2) is 7.96. The molecule has 0 spiro atoms. The first-order valence-corrected chi connectivity index (χ1v) is 9.16. The lowest BCUT2D eigenvalue weighted by Crippen LogP contribution is -2.44. The van der Waals surface area contributed by atoms with E-state index in [0.29, 0.717) is 16.9 Å². The van der Waals surface area contributed by atoms with Gasteiger partial charge in [-0.1, -0.05) is 42.5 Å². The van der Waals surface area contributed by atoms with E-state index >= 15 is 0 Å². The molecule has 0 bridgehead atoms. The monoisotopic (exact) mass is 399 g/mol. The maximum Gasteiger partial charge on any atom is 0.294 e. The van der Waals surface area contributed by atoms with Crippen molar-refractivity contribution in [3.63, 3.8) is 0 Å². The predicted octanol–water partition coefficient (Wildman–Crippen LogP) is 2.16. The minimum atomic E-state index is -0.821. The predicted molar refractivity (Wildman–Crippen MR) is 111 cm³/mol. The Kier molecular flexibility index (Phi) is 5.04. The number of nitrogens with zero attached hydrogens (tertiary/aromatic N) is 3. The molecule has 0 fully saturated rings. The highest BCUT2D eigenvalue weighted by molar-refractivity contribution is 5.98. The van der Waals surface area contributed by atoms with Gasteiger partial charge in [-0.05, 0) is 31.2 Å². The van der Waals surface area contributed by atoms with Crippen molar-refractivity contribution in [2.24, 2.45) is 0 Å². The number of fused-ring (bicyclic) bond motifs is 1. The van der Waals surface area contributed by atoms with Crippen LogP contribution >= 0.6 is 0 Å². The summed E-state index contributed by atoms with van der Waals surface area (Å²) in [6.07, 6.45) is 0. The summed E-state index contributed by atoms with van der Waals surface area (Å²) in [4.78, 5) is 41.4. The van der Waals surface area contributed by atoms with Gasteiger partial charge in [0.15, 0.2) is 5.69 Å². The van der Waals surface area contributed by atoms with Crippen LogP contribution in [0.4, 0.5) is 0 Å². The molecule has 2 aromatic heterocycles. The number of carbonyl (C=O) groups is 2. The summed E-state index contributed by atoms with van der Waals surface area (Å²) in [6, 6.07) is 21.1. The fourth-order valence-electron chi connectivity index (χ4n) is 2.96. The summed E-state index contributed by atoms with van der Waals surface area (Å²) in [7, 11) is 0. The SMILES string of the molecule is Cc1cc(=O)c(C(=O)NNC(=O)c2ccc3ccccc3n2)nn1-c1ccccc1. The Labute approximate surface area is 171 Å². The first-order chi connectivity index (χ1) is 14.5. The van der Waals surface area contributed by atoms with E-state index in [0.717, 1.165) is 5.39 Å². The molecule has 0 unspecified atom stereocenters. The molecule has 2 N–H and O–H groups in total. The Bertz CT molecular complexity index is 1320. The van der Waals surface area contributed by atoms with E-state index in [-0.39, 0.29) is 11.4 Å². The highest BCUT2D eigenvalue weighted by Crippen LogP contribution is 2.11. The van der Waals surface area contributed by atoms with Crippen LogP contribution in [0.1, 0.15) is 26.7 Å². The Morgan fingerprint density at radius 2 is 1.57 bits per heavy atom. The third kappa shape index (κ3) is 3.79. The average Bonchev–Trinajstić information content (AvgIpc) is 2.77. The topological polar surface area (TPSA) is 106 Å². The molecule has 4 rings (SSSR count). The van der Waals surface area contributed by atoms with Crippen LogP contribution in [0.2, 0.25) is 0 Å². The Balaban J connectivity index is 1.53. The van der Waals surface area contributed by atoms with E-state index in [1.54, 1.807) is 37.3 Å². The number of pyridine rings is 1. The van der Waals surface area contributed by atoms with Crippen molar-refractivity contribution >= 4 is 22.7 Å². The van der Waals surface area contributed by atoms with Crippen LogP contribution in [-0.4, -0.2) is 26.6 Å². The van der Waals surface area contributed by atoms with Crippen LogP contribution in [0, 0.1) is 6.92 Å². The molecule has 0 aliphatic carbocycles. The molecule has 8 heteroatoms. The molecule has 0 saturated carbocycles. The molecule has 0 saturated heterocycles. The first kappa shape index (κ1) is 19.0. The second-order valence-electron chi connectivity index (χ2n) is 6.54. The highest BCUT2D eigenvalue weighted by Gasteiger charge is 2.17. The molecule has 30 heavy (non-hydrogen) atoms. The number of nitrogens with one attached hydrogen (secondary N) is 2. The van der Waals surface area contributed by atoms with Gasteiger partial charge in [0.25, 0.3) is 11.8 Å². The molecular weight excluding hydrogens is 382 g/mol. The van der Waals surface area contributed by atoms with Crippen LogP contribution in [0.3, 0.4) is 0 Å². The quantitative estimate of drug-likeness (QED) is 0.514. The van der Waals surface area contributed by atoms with E-state index < -0.39 is 17.2 Å². The van der Waals surface area contributed by atoms with Gasteiger partial charge < -0.3 is 0 Å². The van der Waals surface area contributed by atoms with Crippen LogP contribution < -0.4 is 16.3 Å². The van der Waals surface area contributed by atoms with Crippen molar-refractivity contribution < 1.29 is 9.59 Å². The van der Waals surface area contributed by atoms with Crippen molar-refractivity contribution in [2.45, 2.75) is 6.92 Å². The molecule has 0 radical (unpaired) electrons. The van der Waals surface area contributed by atoms with E-state index in [4.69, 9.17) is 0 Å². The summed E-state index contributed by atoms with van der Waals surface area (Å²) < 4.78 is 1.49. The van der Waals surface area contributed by atoms with Gasteiger partial charge in [-0.2, -0.15) is 5.10 Å². The molecule has 8 nitrogen and oxygen atoms in total. The molecule has 2 aromatic carbocycles. The average molecular weight is 399 g/mol. The Morgan fingerprint density at radius 3 is 2.37 bits per heavy atom. The minimum Gasteiger partial charge on any atom is -0.287 e. The van der Waals surface area contributed by atoms with Crippen molar-refractivity contribution in [2.75, 3.05) is 0 Å². The number of carbonyl (C=O) groups excluding carboxylic acids is 2. The highest BCUT2D eigenvalue weighted by atomic mass is 16.2. The van der Waals surface area contributed by atoms with Crippen LogP contribution in [-0.2, 0) is 0 Å². The molecule has 4 aromatic rings.